The Balaban J connectivity index is 1.59. The number of anilines is 1. The van der Waals surface area contributed by atoms with E-state index in [1.165, 1.54) is 18.5 Å². The topological polar surface area (TPSA) is 156 Å². The number of nitrogens with zero attached hydrogens (tertiary/aromatic N) is 3. The van der Waals surface area contributed by atoms with Crippen molar-refractivity contribution in [2.75, 3.05) is 31.6 Å². The largest absolute Gasteiger partial charge is 0.448 e. The van der Waals surface area contributed by atoms with Crippen LogP contribution in [0.2, 0.25) is 0 Å². The molecule has 2 aromatic rings. The summed E-state index contributed by atoms with van der Waals surface area (Å²) in [4.78, 5) is 32.6. The summed E-state index contributed by atoms with van der Waals surface area (Å²) >= 11 is 0. The molecule has 1 aliphatic heterocycles. The minimum atomic E-state index is -0.951. The number of aromatic nitrogens is 2. The van der Waals surface area contributed by atoms with Gasteiger partial charge in [-0.1, -0.05) is 18.2 Å². The smallest absolute Gasteiger partial charge is 0.414 e. The molecule has 1 saturated heterocycles. The summed E-state index contributed by atoms with van der Waals surface area (Å²) in [5, 5.41) is 11.9. The zero-order valence-electron chi connectivity index (χ0n) is 15.9. The van der Waals surface area contributed by atoms with E-state index in [1.807, 2.05) is 5.32 Å². The molecule has 1 fully saturated rings. The number of alkyl carbamates (subject to hydrolysis) is 1. The van der Waals surface area contributed by atoms with Crippen LogP contribution in [0.4, 0.5) is 19.9 Å². The number of ether oxygens (including phenoxy) is 2. The summed E-state index contributed by atoms with van der Waals surface area (Å²) in [7, 11) is 0. The molecule has 0 radical (unpaired) electrons. The standard InChI is InChI=1S/C18H20FN7O4/c19-14-11(10-30-17(27)25-15(20)21)2-1-3-13(14)12-8-23-16(24-9-12)22-4-5-26-6-7-29-18(26)28/h1-3,8-9H,4-7,10H2,(H,22,23,24)(H4,20,21,25,27). The molecule has 0 bridgehead atoms. The number of nitrogens with one attached hydrogen (secondary N) is 3. The van der Waals surface area contributed by atoms with Gasteiger partial charge in [-0.05, 0) is 0 Å². The first-order valence-electron chi connectivity index (χ1n) is 8.97. The fourth-order valence-electron chi connectivity index (χ4n) is 2.69. The second-order valence-corrected chi connectivity index (χ2v) is 6.22. The molecule has 2 amide bonds. The Kier molecular flexibility index (Phi) is 6.57. The molecule has 12 heteroatoms. The van der Waals surface area contributed by atoms with Crippen molar-refractivity contribution < 1.29 is 23.5 Å². The Morgan fingerprint density at radius 3 is 2.80 bits per heavy atom. The molecule has 3 rings (SSSR count). The number of carbonyl (C=O) groups excluding carboxylic acids is 2. The van der Waals surface area contributed by atoms with Crippen LogP contribution in [0.5, 0.6) is 0 Å². The Morgan fingerprint density at radius 1 is 1.37 bits per heavy atom. The summed E-state index contributed by atoms with van der Waals surface area (Å²) in [5.41, 5.74) is 5.86. The lowest BCUT2D eigenvalue weighted by atomic mass is 10.1. The highest BCUT2D eigenvalue weighted by Crippen LogP contribution is 2.24. The highest BCUT2D eigenvalue weighted by atomic mass is 19.1. The van der Waals surface area contributed by atoms with Crippen molar-refractivity contribution in [2.45, 2.75) is 6.61 Å². The summed E-state index contributed by atoms with van der Waals surface area (Å²) in [6, 6.07) is 4.64. The van der Waals surface area contributed by atoms with Crippen LogP contribution in [-0.4, -0.2) is 59.3 Å². The number of hydrogen-bond acceptors (Lipinski definition) is 8. The van der Waals surface area contributed by atoms with Crippen LogP contribution in [0.3, 0.4) is 0 Å². The molecule has 0 unspecified atom stereocenters. The maximum absolute atomic E-state index is 14.8. The number of rotatable bonds is 7. The van der Waals surface area contributed by atoms with Crippen molar-refractivity contribution in [1.82, 2.24) is 20.2 Å². The number of benzene rings is 1. The van der Waals surface area contributed by atoms with Gasteiger partial charge in [0.1, 0.15) is 19.0 Å². The third kappa shape index (κ3) is 5.31. The molecule has 158 valence electrons. The predicted molar refractivity (Wildman–Crippen MR) is 104 cm³/mol. The molecular weight excluding hydrogens is 397 g/mol. The summed E-state index contributed by atoms with van der Waals surface area (Å²) < 4.78 is 24.5. The first-order chi connectivity index (χ1) is 14.4. The first kappa shape index (κ1) is 20.8. The van der Waals surface area contributed by atoms with Gasteiger partial charge in [0.05, 0.1) is 6.54 Å². The van der Waals surface area contributed by atoms with Crippen LogP contribution in [0.1, 0.15) is 5.56 Å². The van der Waals surface area contributed by atoms with Crippen molar-refractivity contribution in [3.63, 3.8) is 0 Å². The molecule has 11 nitrogen and oxygen atoms in total. The third-order valence-electron chi connectivity index (χ3n) is 4.15. The molecule has 2 heterocycles. The van der Waals surface area contributed by atoms with Crippen molar-refractivity contribution in [3.8, 4) is 11.1 Å². The molecule has 0 spiro atoms. The quantitative estimate of drug-likeness (QED) is 0.388. The van der Waals surface area contributed by atoms with E-state index >= 15 is 0 Å². The molecule has 0 saturated carbocycles. The normalized spacial score (nSPS) is 13.0. The Morgan fingerprint density at radius 2 is 2.13 bits per heavy atom. The van der Waals surface area contributed by atoms with E-state index in [4.69, 9.17) is 20.6 Å². The highest BCUT2D eigenvalue weighted by Gasteiger charge is 2.21. The third-order valence-corrected chi connectivity index (χ3v) is 4.15. The average Bonchev–Trinajstić information content (AvgIpc) is 3.12. The molecule has 1 aromatic carbocycles. The van der Waals surface area contributed by atoms with Crippen LogP contribution in [-0.2, 0) is 16.1 Å². The van der Waals surface area contributed by atoms with Crippen molar-refractivity contribution in [3.05, 3.63) is 42.0 Å². The predicted octanol–water partition coefficient (Wildman–Crippen LogP) is 1.27. The van der Waals surface area contributed by atoms with Crippen LogP contribution in [0, 0.1) is 11.2 Å². The number of carbonyl (C=O) groups is 2. The molecule has 1 aliphatic rings. The Bertz CT molecular complexity index is 939. The van der Waals surface area contributed by atoms with Gasteiger partial charge in [0.2, 0.25) is 5.95 Å². The van der Waals surface area contributed by atoms with Gasteiger partial charge in [0.25, 0.3) is 0 Å². The number of guanidine groups is 1. The first-order valence-corrected chi connectivity index (χ1v) is 8.97. The number of cyclic esters (lactones) is 1. The lowest BCUT2D eigenvalue weighted by molar-refractivity contribution is 0.143. The zero-order chi connectivity index (χ0) is 21.5. The zero-order valence-corrected chi connectivity index (χ0v) is 15.9. The highest BCUT2D eigenvalue weighted by molar-refractivity contribution is 5.90. The SMILES string of the molecule is N=C(N)NC(=O)OCc1cccc(-c2cnc(NCCN3CCOC3=O)nc2)c1F. The summed E-state index contributed by atoms with van der Waals surface area (Å²) in [6.45, 7) is 1.51. The van der Waals surface area contributed by atoms with E-state index in [2.05, 4.69) is 15.3 Å². The van der Waals surface area contributed by atoms with Gasteiger partial charge in [0.15, 0.2) is 5.96 Å². The maximum atomic E-state index is 14.8. The van der Waals surface area contributed by atoms with Gasteiger partial charge < -0.3 is 25.4 Å². The van der Waals surface area contributed by atoms with E-state index in [0.29, 0.717) is 37.8 Å². The molecule has 0 atom stereocenters. The number of hydrogen-bond donors (Lipinski definition) is 4. The maximum Gasteiger partial charge on any atom is 0.414 e. The van der Waals surface area contributed by atoms with Gasteiger partial charge in [-0.3, -0.25) is 10.7 Å². The van der Waals surface area contributed by atoms with E-state index in [9.17, 15) is 14.0 Å². The minimum Gasteiger partial charge on any atom is -0.448 e. The summed E-state index contributed by atoms with van der Waals surface area (Å²) in [5.74, 6) is -0.808. The van der Waals surface area contributed by atoms with Gasteiger partial charge in [-0.15, -0.1) is 0 Å². The van der Waals surface area contributed by atoms with Crippen molar-refractivity contribution in [1.29, 1.82) is 5.41 Å². The van der Waals surface area contributed by atoms with E-state index < -0.39 is 17.9 Å². The number of amides is 2. The van der Waals surface area contributed by atoms with Gasteiger partial charge in [-0.2, -0.15) is 0 Å². The summed E-state index contributed by atoms with van der Waals surface area (Å²) in [6.07, 6.45) is 1.63. The van der Waals surface area contributed by atoms with E-state index in [1.54, 1.807) is 17.0 Å². The lowest BCUT2D eigenvalue weighted by Crippen LogP contribution is -2.36. The second kappa shape index (κ2) is 9.49. The van der Waals surface area contributed by atoms with Crippen molar-refractivity contribution in [2.24, 2.45) is 5.73 Å². The molecule has 0 aliphatic carbocycles. The van der Waals surface area contributed by atoms with Gasteiger partial charge in [0, 0.05) is 42.2 Å². The van der Waals surface area contributed by atoms with Crippen molar-refractivity contribution >= 4 is 24.1 Å². The van der Waals surface area contributed by atoms with Crippen LogP contribution < -0.4 is 16.4 Å². The Labute approximate surface area is 170 Å². The fraction of sp³-hybridized carbons (Fsp3) is 0.278. The number of halogens is 1. The lowest BCUT2D eigenvalue weighted by Gasteiger charge is -2.13. The number of nitrogens with two attached hydrogens (primary N) is 1. The van der Waals surface area contributed by atoms with E-state index in [-0.39, 0.29) is 23.8 Å². The molecule has 5 N–H and O–H groups in total. The van der Waals surface area contributed by atoms with Crippen LogP contribution in [0.25, 0.3) is 11.1 Å². The van der Waals surface area contributed by atoms with E-state index in [0.717, 1.165) is 0 Å². The fourth-order valence-corrected chi connectivity index (χ4v) is 2.69. The molecule has 1 aromatic heterocycles. The van der Waals surface area contributed by atoms with Gasteiger partial charge >= 0.3 is 12.2 Å². The minimum absolute atomic E-state index is 0.144. The monoisotopic (exact) mass is 417 g/mol. The second-order valence-electron chi connectivity index (χ2n) is 6.22. The van der Waals surface area contributed by atoms with Gasteiger partial charge in [-0.25, -0.2) is 23.9 Å². The molecular formula is C18H20FN7O4. The van der Waals surface area contributed by atoms with Crippen LogP contribution in [0.15, 0.2) is 30.6 Å². The molecule has 30 heavy (non-hydrogen) atoms. The average molecular weight is 417 g/mol. The Hall–Kier alpha value is -3.96. The van der Waals surface area contributed by atoms with Crippen LogP contribution >= 0.6 is 0 Å².